The second kappa shape index (κ2) is 10.3. The van der Waals surface area contributed by atoms with E-state index in [2.05, 4.69) is 15.1 Å². The molecular weight excluding hydrogens is 523 g/mol. The largest absolute Gasteiger partial charge is 0.493 e. The second-order valence-electron chi connectivity index (χ2n) is 7.85. The van der Waals surface area contributed by atoms with Gasteiger partial charge in [0.1, 0.15) is 6.33 Å². The Morgan fingerprint density at radius 2 is 1.94 bits per heavy atom. The van der Waals surface area contributed by atoms with Crippen molar-refractivity contribution in [3.8, 4) is 17.4 Å². The smallest absolute Gasteiger partial charge is 0.281 e. The van der Waals surface area contributed by atoms with E-state index in [9.17, 15) is 4.79 Å². The number of hydrogen-bond donors (Lipinski definition) is 0. The zero-order valence-electron chi connectivity index (χ0n) is 19.3. The van der Waals surface area contributed by atoms with Gasteiger partial charge in [-0.05, 0) is 41.3 Å². The van der Waals surface area contributed by atoms with Gasteiger partial charge < -0.3 is 14.2 Å². The van der Waals surface area contributed by atoms with E-state index in [0.717, 1.165) is 16.2 Å². The van der Waals surface area contributed by atoms with Crippen molar-refractivity contribution in [1.29, 1.82) is 0 Å². The number of aromatic nitrogens is 2. The maximum absolute atomic E-state index is 13.4. The molecule has 2 aromatic carbocycles. The Hall–Kier alpha value is -3.40. The van der Waals surface area contributed by atoms with E-state index in [1.807, 2.05) is 35.7 Å². The molecule has 1 aliphatic heterocycles. The van der Waals surface area contributed by atoms with E-state index in [1.54, 1.807) is 37.7 Å². The summed E-state index contributed by atoms with van der Waals surface area (Å²) >= 11 is 14.0. The highest BCUT2D eigenvalue weighted by Crippen LogP contribution is 2.38. The number of methoxy groups -OCH3 is 2. The first-order valence-corrected chi connectivity index (χ1v) is 12.5. The molecule has 1 unspecified atom stereocenters. The Balaban J connectivity index is 1.44. The molecule has 3 heterocycles. The molecular formula is C25H20Cl2N4O4S. The van der Waals surface area contributed by atoms with Crippen LogP contribution in [0.5, 0.6) is 17.4 Å². The molecule has 11 heteroatoms. The molecule has 0 fully saturated rings. The molecule has 1 aliphatic rings. The Kier molecular flexibility index (Phi) is 6.95. The summed E-state index contributed by atoms with van der Waals surface area (Å²) in [5, 5.41) is 9.41. The Labute approximate surface area is 221 Å². The second-order valence-corrected chi connectivity index (χ2v) is 9.64. The molecule has 5 rings (SSSR count). The summed E-state index contributed by atoms with van der Waals surface area (Å²) in [5.41, 5.74) is 2.17. The summed E-state index contributed by atoms with van der Waals surface area (Å²) in [7, 11) is 3.15. The highest BCUT2D eigenvalue weighted by molar-refractivity contribution is 7.12. The quantitative estimate of drug-likeness (QED) is 0.294. The van der Waals surface area contributed by atoms with Crippen LogP contribution in [0.1, 0.15) is 22.9 Å². The zero-order valence-corrected chi connectivity index (χ0v) is 21.6. The number of hydrogen-bond acceptors (Lipinski definition) is 8. The SMILES string of the molecule is COc1ccc(C2CC(c3cccs3)=NN2C(=O)COc2ncnc3c(Cl)cc(Cl)cc23)cc1OC. The van der Waals surface area contributed by atoms with E-state index in [0.29, 0.717) is 38.9 Å². The lowest BCUT2D eigenvalue weighted by molar-refractivity contribution is -0.135. The third-order valence-corrected chi connectivity index (χ3v) is 7.14. The molecule has 36 heavy (non-hydrogen) atoms. The van der Waals surface area contributed by atoms with Crippen molar-refractivity contribution in [2.45, 2.75) is 12.5 Å². The molecule has 0 radical (unpaired) electrons. The average Bonchev–Trinajstić information content (AvgIpc) is 3.57. The number of hydrazone groups is 1. The normalized spacial score (nSPS) is 15.2. The fourth-order valence-corrected chi connectivity index (χ4v) is 5.29. The van der Waals surface area contributed by atoms with Gasteiger partial charge in [0.15, 0.2) is 18.1 Å². The van der Waals surface area contributed by atoms with Crippen LogP contribution in [0.15, 0.2) is 59.3 Å². The van der Waals surface area contributed by atoms with Gasteiger partial charge in [0, 0.05) is 11.4 Å². The van der Waals surface area contributed by atoms with Gasteiger partial charge in [-0.2, -0.15) is 5.10 Å². The van der Waals surface area contributed by atoms with Crippen LogP contribution in [0.2, 0.25) is 10.0 Å². The maximum Gasteiger partial charge on any atom is 0.281 e. The molecule has 2 aromatic heterocycles. The van der Waals surface area contributed by atoms with Crippen molar-refractivity contribution in [3.05, 3.63) is 74.7 Å². The Morgan fingerprint density at radius 1 is 1.11 bits per heavy atom. The third kappa shape index (κ3) is 4.69. The molecule has 1 amide bonds. The fraction of sp³-hybridized carbons (Fsp3) is 0.200. The summed E-state index contributed by atoms with van der Waals surface area (Å²) < 4.78 is 16.7. The van der Waals surface area contributed by atoms with Gasteiger partial charge >= 0.3 is 0 Å². The number of nitrogens with zero attached hydrogens (tertiary/aromatic N) is 4. The Morgan fingerprint density at radius 3 is 2.69 bits per heavy atom. The maximum atomic E-state index is 13.4. The molecule has 0 saturated heterocycles. The van der Waals surface area contributed by atoms with Crippen molar-refractivity contribution >= 4 is 57.1 Å². The van der Waals surface area contributed by atoms with Gasteiger partial charge in [0.2, 0.25) is 5.88 Å². The molecule has 0 saturated carbocycles. The number of halogens is 2. The minimum absolute atomic E-state index is 0.210. The van der Waals surface area contributed by atoms with E-state index in [1.165, 1.54) is 11.3 Å². The van der Waals surface area contributed by atoms with Crippen molar-refractivity contribution in [2.24, 2.45) is 5.10 Å². The summed E-state index contributed by atoms with van der Waals surface area (Å²) in [4.78, 5) is 22.8. The van der Waals surface area contributed by atoms with Crippen LogP contribution in [0.25, 0.3) is 10.9 Å². The van der Waals surface area contributed by atoms with Crippen molar-refractivity contribution in [3.63, 3.8) is 0 Å². The van der Waals surface area contributed by atoms with Crippen molar-refractivity contribution in [1.82, 2.24) is 15.0 Å². The molecule has 8 nitrogen and oxygen atoms in total. The van der Waals surface area contributed by atoms with Crippen LogP contribution in [0.3, 0.4) is 0 Å². The van der Waals surface area contributed by atoms with E-state index in [-0.39, 0.29) is 24.4 Å². The predicted molar refractivity (Wildman–Crippen MR) is 140 cm³/mol. The van der Waals surface area contributed by atoms with E-state index in [4.69, 9.17) is 37.4 Å². The number of carbonyl (C=O) groups excluding carboxylic acids is 1. The predicted octanol–water partition coefficient (Wildman–Crippen LogP) is 5.77. The molecule has 0 bridgehead atoms. The van der Waals surface area contributed by atoms with Gasteiger partial charge in [-0.3, -0.25) is 4.79 Å². The van der Waals surface area contributed by atoms with Crippen molar-refractivity contribution in [2.75, 3.05) is 20.8 Å². The highest BCUT2D eigenvalue weighted by atomic mass is 35.5. The monoisotopic (exact) mass is 542 g/mol. The topological polar surface area (TPSA) is 86.1 Å². The molecule has 4 aromatic rings. The third-order valence-electron chi connectivity index (χ3n) is 5.72. The number of ether oxygens (including phenoxy) is 3. The molecule has 0 N–H and O–H groups in total. The van der Waals surface area contributed by atoms with Crippen LogP contribution < -0.4 is 14.2 Å². The van der Waals surface area contributed by atoms with Crippen LogP contribution >= 0.6 is 34.5 Å². The number of benzene rings is 2. The number of carbonyl (C=O) groups is 1. The zero-order chi connectivity index (χ0) is 25.2. The van der Waals surface area contributed by atoms with Gasteiger partial charge in [0.05, 0.1) is 46.8 Å². The number of thiophene rings is 1. The summed E-state index contributed by atoms with van der Waals surface area (Å²) in [6.45, 7) is -0.290. The summed E-state index contributed by atoms with van der Waals surface area (Å²) in [6, 6.07) is 12.4. The molecule has 0 aliphatic carbocycles. The van der Waals surface area contributed by atoms with Crippen molar-refractivity contribution < 1.29 is 19.0 Å². The minimum atomic E-state index is -0.343. The van der Waals surface area contributed by atoms with Gasteiger partial charge in [-0.15, -0.1) is 11.3 Å². The Bertz CT molecular complexity index is 1460. The number of amides is 1. The summed E-state index contributed by atoms with van der Waals surface area (Å²) in [5.74, 6) is 1.06. The van der Waals surface area contributed by atoms with Gasteiger partial charge in [-0.1, -0.05) is 35.3 Å². The lowest BCUT2D eigenvalue weighted by atomic mass is 10.0. The number of fused-ring (bicyclic) bond motifs is 1. The number of rotatable bonds is 7. The fourth-order valence-electron chi connectivity index (χ4n) is 4.03. The van der Waals surface area contributed by atoms with Crippen LogP contribution in [-0.2, 0) is 4.79 Å². The van der Waals surface area contributed by atoms with Crippen LogP contribution in [0, 0.1) is 0 Å². The first-order chi connectivity index (χ1) is 17.5. The van der Waals surface area contributed by atoms with E-state index >= 15 is 0 Å². The first kappa shape index (κ1) is 24.3. The molecule has 0 spiro atoms. The lowest BCUT2D eigenvalue weighted by Crippen LogP contribution is -2.31. The first-order valence-electron chi connectivity index (χ1n) is 10.9. The standard InChI is InChI=1S/C25H20Cl2N4O4S/c1-33-20-6-5-14(8-21(20)34-2)19-11-18(22-4-3-7-36-22)30-31(19)23(32)12-35-25-16-9-15(26)10-17(27)24(16)28-13-29-25/h3-10,13,19H,11-12H2,1-2H3. The summed E-state index contributed by atoms with van der Waals surface area (Å²) in [6.07, 6.45) is 1.88. The van der Waals surface area contributed by atoms with Gasteiger partial charge in [0.25, 0.3) is 5.91 Å². The average molecular weight is 543 g/mol. The molecule has 184 valence electrons. The van der Waals surface area contributed by atoms with Gasteiger partial charge in [-0.25, -0.2) is 15.0 Å². The molecule has 1 atom stereocenters. The minimum Gasteiger partial charge on any atom is -0.493 e. The van der Waals surface area contributed by atoms with Crippen LogP contribution in [-0.4, -0.2) is 47.4 Å². The highest BCUT2D eigenvalue weighted by Gasteiger charge is 2.34. The van der Waals surface area contributed by atoms with Crippen LogP contribution in [0.4, 0.5) is 0 Å². The lowest BCUT2D eigenvalue weighted by Gasteiger charge is -2.23. The van der Waals surface area contributed by atoms with E-state index < -0.39 is 0 Å².